The topological polar surface area (TPSA) is 52.6 Å². The number of hydrogen-bond donors (Lipinski definition) is 0. The largest absolute Gasteiger partial charge is 0.469 e. The van der Waals surface area contributed by atoms with Gasteiger partial charge in [-0.05, 0) is 13.8 Å². The molecule has 82 valence electrons. The minimum atomic E-state index is -0.451. The van der Waals surface area contributed by atoms with Crippen LogP contribution in [0.2, 0.25) is 0 Å². The second-order valence-corrected chi connectivity index (χ2v) is 3.76. The lowest BCUT2D eigenvalue weighted by Crippen LogP contribution is -2.26. The molecule has 0 atom stereocenters. The van der Waals surface area contributed by atoms with Crippen molar-refractivity contribution in [1.82, 2.24) is 0 Å². The van der Waals surface area contributed by atoms with Gasteiger partial charge in [-0.15, -0.1) is 0 Å². The Kier molecular flexibility index (Phi) is 5.38. The van der Waals surface area contributed by atoms with Crippen LogP contribution in [0.15, 0.2) is 0 Å². The number of esters is 1. The van der Waals surface area contributed by atoms with E-state index in [0.717, 1.165) is 0 Å². The lowest BCUT2D eigenvalue weighted by atomic mass is 9.99. The lowest BCUT2D eigenvalue weighted by Gasteiger charge is -2.21. The van der Waals surface area contributed by atoms with E-state index in [1.807, 2.05) is 13.8 Å². The normalized spacial score (nSPS) is 11.1. The van der Waals surface area contributed by atoms with E-state index in [2.05, 4.69) is 4.74 Å². The number of carbonyl (C=O) groups excluding carboxylic acids is 2. The molecule has 0 aliphatic rings. The molecule has 0 saturated carbocycles. The molecule has 0 fully saturated rings. The third kappa shape index (κ3) is 5.70. The number of ether oxygens (including phenoxy) is 2. The molecular weight excluding hydrogens is 184 g/mol. The van der Waals surface area contributed by atoms with Crippen LogP contribution in [0, 0.1) is 0 Å². The first kappa shape index (κ1) is 13.1. The number of ketones is 1. The van der Waals surface area contributed by atoms with E-state index in [0.29, 0.717) is 6.42 Å². The van der Waals surface area contributed by atoms with Crippen LogP contribution in [0.5, 0.6) is 0 Å². The van der Waals surface area contributed by atoms with Gasteiger partial charge in [0.15, 0.2) is 0 Å². The molecule has 0 bridgehead atoms. The molecule has 0 aromatic heterocycles. The summed E-state index contributed by atoms with van der Waals surface area (Å²) in [6.07, 6.45) is 0.690. The number of hydrogen-bond acceptors (Lipinski definition) is 4. The van der Waals surface area contributed by atoms with Crippen molar-refractivity contribution in [2.45, 2.75) is 38.7 Å². The van der Waals surface area contributed by atoms with Crippen LogP contribution in [0.4, 0.5) is 0 Å². The van der Waals surface area contributed by atoms with Crippen molar-refractivity contribution in [3.8, 4) is 0 Å². The number of rotatable bonds is 6. The second-order valence-electron chi connectivity index (χ2n) is 3.76. The SMILES string of the molecule is COC(=O)CCC(=O)CC(C)(C)OC. The average molecular weight is 202 g/mol. The molecule has 0 N–H and O–H groups in total. The van der Waals surface area contributed by atoms with Gasteiger partial charge >= 0.3 is 5.97 Å². The van der Waals surface area contributed by atoms with Crippen LogP contribution in [-0.4, -0.2) is 31.6 Å². The Bertz CT molecular complexity index is 208. The quantitative estimate of drug-likeness (QED) is 0.610. The Morgan fingerprint density at radius 1 is 1.14 bits per heavy atom. The van der Waals surface area contributed by atoms with Gasteiger partial charge < -0.3 is 9.47 Å². The highest BCUT2D eigenvalue weighted by molar-refractivity contribution is 5.83. The Balaban J connectivity index is 3.82. The Labute approximate surface area is 84.6 Å². The lowest BCUT2D eigenvalue weighted by molar-refractivity contribution is -0.142. The monoisotopic (exact) mass is 202 g/mol. The standard InChI is InChI=1S/C10H18O4/c1-10(2,14-4)7-8(11)5-6-9(12)13-3/h5-7H2,1-4H3. The summed E-state index contributed by atoms with van der Waals surface area (Å²) in [6.45, 7) is 3.67. The maximum Gasteiger partial charge on any atom is 0.305 e. The highest BCUT2D eigenvalue weighted by Crippen LogP contribution is 2.14. The van der Waals surface area contributed by atoms with Crippen molar-refractivity contribution in [1.29, 1.82) is 0 Å². The van der Waals surface area contributed by atoms with Gasteiger partial charge in [0.05, 0.1) is 19.1 Å². The summed E-state index contributed by atoms with van der Waals surface area (Å²) < 4.78 is 9.54. The van der Waals surface area contributed by atoms with Gasteiger partial charge in [-0.3, -0.25) is 9.59 Å². The van der Waals surface area contributed by atoms with Gasteiger partial charge in [-0.2, -0.15) is 0 Å². The highest BCUT2D eigenvalue weighted by Gasteiger charge is 2.21. The smallest absolute Gasteiger partial charge is 0.305 e. The van der Waals surface area contributed by atoms with Crippen molar-refractivity contribution < 1.29 is 19.1 Å². The summed E-state index contributed by atoms with van der Waals surface area (Å²) in [7, 11) is 2.87. The summed E-state index contributed by atoms with van der Waals surface area (Å²) in [6, 6.07) is 0. The van der Waals surface area contributed by atoms with Crippen LogP contribution in [0.1, 0.15) is 33.1 Å². The highest BCUT2D eigenvalue weighted by atomic mass is 16.5. The summed E-state index contributed by atoms with van der Waals surface area (Å²) >= 11 is 0. The summed E-state index contributed by atoms with van der Waals surface area (Å²) in [5.41, 5.74) is -0.451. The van der Waals surface area contributed by atoms with Gasteiger partial charge in [0.2, 0.25) is 0 Å². The first-order valence-corrected chi connectivity index (χ1v) is 4.55. The van der Waals surface area contributed by atoms with E-state index < -0.39 is 5.60 Å². The number of carbonyl (C=O) groups is 2. The van der Waals surface area contributed by atoms with Gasteiger partial charge in [-0.1, -0.05) is 0 Å². The molecule has 0 aliphatic carbocycles. The predicted octanol–water partition coefficient (Wildman–Crippen LogP) is 1.32. The molecule has 0 unspecified atom stereocenters. The number of Topliss-reactive ketones (excluding diaryl/α,β-unsaturated/α-hetero) is 1. The molecular formula is C10H18O4. The zero-order valence-electron chi connectivity index (χ0n) is 9.25. The van der Waals surface area contributed by atoms with Gasteiger partial charge in [0.1, 0.15) is 5.78 Å². The second kappa shape index (κ2) is 5.75. The molecule has 0 aromatic rings. The zero-order chi connectivity index (χ0) is 11.2. The molecule has 4 heteroatoms. The molecule has 0 rings (SSSR count). The van der Waals surface area contributed by atoms with E-state index in [4.69, 9.17) is 4.74 Å². The van der Waals surface area contributed by atoms with E-state index in [-0.39, 0.29) is 24.6 Å². The van der Waals surface area contributed by atoms with Gasteiger partial charge in [-0.25, -0.2) is 0 Å². The molecule has 0 heterocycles. The zero-order valence-corrected chi connectivity index (χ0v) is 9.25. The summed E-state index contributed by atoms with van der Waals surface area (Å²) in [5, 5.41) is 0. The molecule has 14 heavy (non-hydrogen) atoms. The van der Waals surface area contributed by atoms with Gasteiger partial charge in [0, 0.05) is 20.0 Å². The molecule has 0 aliphatic heterocycles. The Morgan fingerprint density at radius 2 is 1.71 bits per heavy atom. The minimum absolute atomic E-state index is 0.0160. The molecule has 0 amide bonds. The predicted molar refractivity (Wildman–Crippen MR) is 52.0 cm³/mol. The molecule has 0 radical (unpaired) electrons. The third-order valence-electron chi connectivity index (χ3n) is 2.01. The fourth-order valence-electron chi connectivity index (χ4n) is 0.979. The first-order chi connectivity index (χ1) is 6.41. The van der Waals surface area contributed by atoms with E-state index in [1.54, 1.807) is 7.11 Å². The van der Waals surface area contributed by atoms with Crippen LogP contribution in [0.3, 0.4) is 0 Å². The average Bonchev–Trinajstić information content (AvgIpc) is 2.13. The summed E-state index contributed by atoms with van der Waals surface area (Å²) in [5.74, 6) is -0.337. The third-order valence-corrected chi connectivity index (χ3v) is 2.01. The van der Waals surface area contributed by atoms with Crippen LogP contribution in [0.25, 0.3) is 0 Å². The first-order valence-electron chi connectivity index (χ1n) is 4.55. The van der Waals surface area contributed by atoms with E-state index >= 15 is 0 Å². The van der Waals surface area contributed by atoms with Crippen molar-refractivity contribution >= 4 is 11.8 Å². The van der Waals surface area contributed by atoms with E-state index in [1.165, 1.54) is 7.11 Å². The van der Waals surface area contributed by atoms with Gasteiger partial charge in [0.25, 0.3) is 0 Å². The van der Waals surface area contributed by atoms with Crippen molar-refractivity contribution in [2.24, 2.45) is 0 Å². The van der Waals surface area contributed by atoms with Crippen molar-refractivity contribution in [2.75, 3.05) is 14.2 Å². The maximum absolute atomic E-state index is 11.4. The summed E-state index contributed by atoms with van der Waals surface area (Å²) in [4.78, 5) is 22.1. The fraction of sp³-hybridized carbons (Fsp3) is 0.800. The van der Waals surface area contributed by atoms with Crippen LogP contribution >= 0.6 is 0 Å². The Hall–Kier alpha value is -0.900. The van der Waals surface area contributed by atoms with Crippen LogP contribution < -0.4 is 0 Å². The maximum atomic E-state index is 11.4. The molecule has 0 saturated heterocycles. The molecule has 0 aromatic carbocycles. The Morgan fingerprint density at radius 3 is 2.14 bits per heavy atom. The fourth-order valence-corrected chi connectivity index (χ4v) is 0.979. The van der Waals surface area contributed by atoms with E-state index in [9.17, 15) is 9.59 Å². The van der Waals surface area contributed by atoms with Crippen LogP contribution in [-0.2, 0) is 19.1 Å². The number of methoxy groups -OCH3 is 2. The van der Waals surface area contributed by atoms with Crippen molar-refractivity contribution in [3.05, 3.63) is 0 Å². The van der Waals surface area contributed by atoms with Crippen molar-refractivity contribution in [3.63, 3.8) is 0 Å². The molecule has 0 spiro atoms. The minimum Gasteiger partial charge on any atom is -0.469 e. The molecule has 4 nitrogen and oxygen atoms in total.